The Morgan fingerprint density at radius 3 is 2.35 bits per heavy atom. The molecule has 1 heterocycles. The Bertz CT molecular complexity index is 823. The summed E-state index contributed by atoms with van der Waals surface area (Å²) in [6.07, 6.45) is 0. The summed E-state index contributed by atoms with van der Waals surface area (Å²) in [5.41, 5.74) is 2.08. The van der Waals surface area contributed by atoms with Crippen molar-refractivity contribution in [2.45, 2.75) is 25.7 Å². The molecule has 0 radical (unpaired) electrons. The van der Waals surface area contributed by atoms with E-state index < -0.39 is 16.0 Å². The minimum absolute atomic E-state index is 0.0631. The number of aromatic nitrogens is 2. The van der Waals surface area contributed by atoms with Crippen LogP contribution >= 0.6 is 0 Å². The van der Waals surface area contributed by atoms with Gasteiger partial charge in [0.25, 0.3) is 10.0 Å². The van der Waals surface area contributed by atoms with E-state index in [0.717, 1.165) is 0 Å². The largest absolute Gasteiger partial charge is 0.462 e. The van der Waals surface area contributed by atoms with Crippen LogP contribution in [0.4, 0.5) is 5.69 Å². The Balaban J connectivity index is 2.28. The molecule has 1 aromatic heterocycles. The lowest BCUT2D eigenvalue weighted by Crippen LogP contribution is -2.14. The van der Waals surface area contributed by atoms with Crippen molar-refractivity contribution in [2.75, 3.05) is 11.3 Å². The second-order valence-corrected chi connectivity index (χ2v) is 6.70. The first-order valence-corrected chi connectivity index (χ1v) is 8.54. The van der Waals surface area contributed by atoms with Gasteiger partial charge in [0.1, 0.15) is 0 Å². The van der Waals surface area contributed by atoms with E-state index in [4.69, 9.17) is 4.74 Å². The monoisotopic (exact) mass is 337 g/mol. The summed E-state index contributed by atoms with van der Waals surface area (Å²) in [5, 5.41) is 4.17. The molecule has 0 saturated carbocycles. The number of carbonyl (C=O) groups excluding carboxylic acids is 1. The summed E-state index contributed by atoms with van der Waals surface area (Å²) in [4.78, 5) is 11.7. The third kappa shape index (κ3) is 3.53. The van der Waals surface area contributed by atoms with E-state index in [0.29, 0.717) is 22.6 Å². The molecule has 7 nitrogen and oxygen atoms in total. The van der Waals surface area contributed by atoms with E-state index in [9.17, 15) is 13.2 Å². The second-order valence-electron chi connectivity index (χ2n) is 5.02. The summed E-state index contributed by atoms with van der Waals surface area (Å²) in [6, 6.07) is 5.59. The van der Waals surface area contributed by atoms with Crippen molar-refractivity contribution in [3.8, 4) is 0 Å². The maximum Gasteiger partial charge on any atom is 0.338 e. The molecule has 0 unspecified atom stereocenters. The van der Waals surface area contributed by atoms with Crippen molar-refractivity contribution in [2.24, 2.45) is 7.05 Å². The van der Waals surface area contributed by atoms with Crippen LogP contribution in [0.3, 0.4) is 0 Å². The third-order valence-electron chi connectivity index (χ3n) is 3.42. The number of aryl methyl sites for hydroxylation is 2. The van der Waals surface area contributed by atoms with Crippen LogP contribution in [0.1, 0.15) is 28.7 Å². The van der Waals surface area contributed by atoms with Crippen LogP contribution in [0.5, 0.6) is 0 Å². The lowest BCUT2D eigenvalue weighted by Gasteiger charge is -2.09. The van der Waals surface area contributed by atoms with Gasteiger partial charge in [-0.25, -0.2) is 13.2 Å². The number of anilines is 1. The molecular weight excluding hydrogens is 318 g/mol. The van der Waals surface area contributed by atoms with E-state index in [1.807, 2.05) is 0 Å². The molecule has 8 heteroatoms. The molecule has 1 N–H and O–H groups in total. The molecule has 0 fully saturated rings. The van der Waals surface area contributed by atoms with E-state index in [-0.39, 0.29) is 11.5 Å². The maximum absolute atomic E-state index is 12.5. The van der Waals surface area contributed by atoms with E-state index in [1.165, 1.54) is 24.3 Å². The Labute approximate surface area is 135 Å². The predicted molar refractivity (Wildman–Crippen MR) is 85.9 cm³/mol. The van der Waals surface area contributed by atoms with E-state index >= 15 is 0 Å². The summed E-state index contributed by atoms with van der Waals surface area (Å²) in [7, 11) is -2.01. The number of nitrogens with one attached hydrogen (secondary N) is 1. The van der Waals surface area contributed by atoms with Crippen molar-refractivity contribution in [1.82, 2.24) is 9.78 Å². The van der Waals surface area contributed by atoms with Crippen LogP contribution in [0.15, 0.2) is 29.2 Å². The molecule has 0 aliphatic carbocycles. The predicted octanol–water partition coefficient (Wildman–Crippen LogP) is 2.01. The third-order valence-corrected chi connectivity index (χ3v) is 4.79. The number of rotatable bonds is 5. The van der Waals surface area contributed by atoms with Crippen molar-refractivity contribution in [3.63, 3.8) is 0 Å². The quantitative estimate of drug-likeness (QED) is 0.843. The van der Waals surface area contributed by atoms with Gasteiger partial charge in [0, 0.05) is 7.05 Å². The molecule has 0 spiro atoms. The van der Waals surface area contributed by atoms with Crippen molar-refractivity contribution in [1.29, 1.82) is 0 Å². The zero-order chi connectivity index (χ0) is 17.2. The first-order chi connectivity index (χ1) is 10.8. The van der Waals surface area contributed by atoms with Crippen LogP contribution in [0.2, 0.25) is 0 Å². The number of nitrogens with zero attached hydrogens (tertiary/aromatic N) is 2. The van der Waals surface area contributed by atoms with Crippen LogP contribution in [0, 0.1) is 13.8 Å². The topological polar surface area (TPSA) is 90.3 Å². The molecule has 0 aliphatic rings. The highest BCUT2D eigenvalue weighted by molar-refractivity contribution is 7.92. The highest BCUT2D eigenvalue weighted by Crippen LogP contribution is 2.23. The molecule has 23 heavy (non-hydrogen) atoms. The number of hydrogen-bond acceptors (Lipinski definition) is 5. The summed E-state index contributed by atoms with van der Waals surface area (Å²) >= 11 is 0. The summed E-state index contributed by atoms with van der Waals surface area (Å²) < 4.78 is 33.9. The highest BCUT2D eigenvalue weighted by Gasteiger charge is 2.19. The van der Waals surface area contributed by atoms with Gasteiger partial charge in [0.05, 0.1) is 34.1 Å². The van der Waals surface area contributed by atoms with E-state index in [1.54, 1.807) is 32.5 Å². The molecule has 124 valence electrons. The van der Waals surface area contributed by atoms with Crippen LogP contribution in [-0.2, 0) is 21.8 Å². The number of carbonyl (C=O) groups is 1. The van der Waals surface area contributed by atoms with Gasteiger partial charge in [-0.15, -0.1) is 0 Å². The lowest BCUT2D eigenvalue weighted by atomic mass is 10.2. The zero-order valence-corrected chi connectivity index (χ0v) is 14.3. The number of esters is 1. The summed E-state index contributed by atoms with van der Waals surface area (Å²) in [6.45, 7) is 5.48. The molecule has 0 bridgehead atoms. The van der Waals surface area contributed by atoms with Gasteiger partial charge in [-0.2, -0.15) is 5.10 Å². The molecule has 1 aromatic carbocycles. The van der Waals surface area contributed by atoms with Gasteiger partial charge in [-0.05, 0) is 45.0 Å². The number of sulfonamides is 1. The molecular formula is C15H19N3O4S. The van der Waals surface area contributed by atoms with Gasteiger partial charge >= 0.3 is 5.97 Å². The van der Waals surface area contributed by atoms with Gasteiger partial charge in [-0.3, -0.25) is 9.40 Å². The van der Waals surface area contributed by atoms with Crippen molar-refractivity contribution < 1.29 is 17.9 Å². The fraction of sp³-hybridized carbons (Fsp3) is 0.333. The lowest BCUT2D eigenvalue weighted by molar-refractivity contribution is 0.0526. The average Bonchev–Trinajstić information content (AvgIpc) is 2.74. The number of hydrogen-bond donors (Lipinski definition) is 1. The fourth-order valence-electron chi connectivity index (χ4n) is 2.10. The molecule has 2 aromatic rings. The molecule has 0 amide bonds. The Kier molecular flexibility index (Phi) is 4.74. The Morgan fingerprint density at radius 2 is 1.87 bits per heavy atom. The van der Waals surface area contributed by atoms with Gasteiger partial charge in [-0.1, -0.05) is 0 Å². The summed E-state index contributed by atoms with van der Waals surface area (Å²) in [5.74, 6) is -0.483. The first kappa shape index (κ1) is 17.0. The second kappa shape index (κ2) is 6.41. The van der Waals surface area contributed by atoms with Gasteiger partial charge in [0.15, 0.2) is 0 Å². The van der Waals surface area contributed by atoms with Crippen LogP contribution in [-0.4, -0.2) is 30.8 Å². The fourth-order valence-corrected chi connectivity index (χ4v) is 3.28. The standard InChI is InChI=1S/C15H19N3O4S/c1-5-22-15(19)12-6-8-13(9-7-12)23(20,21)17-14-10(2)16-18(4)11(14)3/h6-9,17H,5H2,1-4H3. The van der Waals surface area contributed by atoms with Crippen LogP contribution in [0.25, 0.3) is 0 Å². The Hall–Kier alpha value is -2.35. The zero-order valence-electron chi connectivity index (χ0n) is 13.5. The smallest absolute Gasteiger partial charge is 0.338 e. The van der Waals surface area contributed by atoms with Crippen molar-refractivity contribution in [3.05, 3.63) is 41.2 Å². The number of benzene rings is 1. The first-order valence-electron chi connectivity index (χ1n) is 7.06. The minimum atomic E-state index is -3.76. The van der Waals surface area contributed by atoms with Gasteiger partial charge < -0.3 is 4.74 Å². The Morgan fingerprint density at radius 1 is 1.26 bits per heavy atom. The van der Waals surface area contributed by atoms with Crippen LogP contribution < -0.4 is 4.72 Å². The highest BCUT2D eigenvalue weighted by atomic mass is 32.2. The molecule has 0 saturated heterocycles. The maximum atomic E-state index is 12.5. The molecule has 0 aliphatic heterocycles. The normalized spacial score (nSPS) is 11.3. The SMILES string of the molecule is CCOC(=O)c1ccc(S(=O)(=O)Nc2c(C)nn(C)c2C)cc1. The molecule has 2 rings (SSSR count). The van der Waals surface area contributed by atoms with E-state index in [2.05, 4.69) is 9.82 Å². The minimum Gasteiger partial charge on any atom is -0.462 e. The molecule has 0 atom stereocenters. The number of ether oxygens (including phenoxy) is 1. The average molecular weight is 337 g/mol. The van der Waals surface area contributed by atoms with Crippen molar-refractivity contribution >= 4 is 21.7 Å². The van der Waals surface area contributed by atoms with Gasteiger partial charge in [0.2, 0.25) is 0 Å².